The molecule has 2 saturated carbocycles. The third kappa shape index (κ3) is 4.57. The Hall–Kier alpha value is -0.410. The standard InChI is InChI=1S/C16H28O3/c1-16(18,19)14-9-7-12(8-10-14)5-6-13-3-2-4-15(17)11-13/h12-14,18-19H,2-11H2,1H3. The number of aliphatic hydroxyl groups is 2. The third-order valence-electron chi connectivity index (χ3n) is 5.19. The largest absolute Gasteiger partial charge is 0.366 e. The zero-order chi connectivity index (χ0) is 13.9. The van der Waals surface area contributed by atoms with Gasteiger partial charge in [0.2, 0.25) is 0 Å². The van der Waals surface area contributed by atoms with E-state index in [0.717, 1.165) is 50.9 Å². The second kappa shape index (κ2) is 6.36. The first-order valence-electron chi connectivity index (χ1n) is 7.91. The molecule has 3 nitrogen and oxygen atoms in total. The Labute approximate surface area is 116 Å². The van der Waals surface area contributed by atoms with Crippen molar-refractivity contribution in [1.82, 2.24) is 0 Å². The number of Topliss-reactive ketones (excluding diaryl/α,β-unsaturated/α-hetero) is 1. The fourth-order valence-electron chi connectivity index (χ4n) is 3.83. The van der Waals surface area contributed by atoms with Gasteiger partial charge in [0.05, 0.1) is 0 Å². The number of carbonyl (C=O) groups excluding carboxylic acids is 1. The third-order valence-corrected chi connectivity index (χ3v) is 5.19. The summed E-state index contributed by atoms with van der Waals surface area (Å²) in [7, 11) is 0. The minimum Gasteiger partial charge on any atom is -0.366 e. The quantitative estimate of drug-likeness (QED) is 0.771. The molecule has 0 aliphatic heterocycles. The summed E-state index contributed by atoms with van der Waals surface area (Å²) in [5.74, 6) is 0.354. The molecule has 19 heavy (non-hydrogen) atoms. The first-order valence-corrected chi connectivity index (χ1v) is 7.91. The molecule has 0 saturated heterocycles. The zero-order valence-corrected chi connectivity index (χ0v) is 12.1. The van der Waals surface area contributed by atoms with Crippen molar-refractivity contribution < 1.29 is 15.0 Å². The maximum absolute atomic E-state index is 11.4. The van der Waals surface area contributed by atoms with E-state index in [0.29, 0.717) is 11.7 Å². The number of rotatable bonds is 4. The Kier molecular flexibility index (Phi) is 5.02. The lowest BCUT2D eigenvalue weighted by Crippen LogP contribution is -2.36. The van der Waals surface area contributed by atoms with Crippen LogP contribution in [0, 0.1) is 17.8 Å². The molecular formula is C16H28O3. The minimum absolute atomic E-state index is 0.0417. The number of hydrogen-bond acceptors (Lipinski definition) is 3. The molecule has 0 aromatic rings. The van der Waals surface area contributed by atoms with Crippen molar-refractivity contribution in [2.75, 3.05) is 0 Å². The first-order chi connectivity index (χ1) is 8.95. The van der Waals surface area contributed by atoms with Crippen LogP contribution in [0.1, 0.15) is 71.1 Å². The van der Waals surface area contributed by atoms with Crippen LogP contribution in [0.2, 0.25) is 0 Å². The van der Waals surface area contributed by atoms with Crippen LogP contribution in [0.5, 0.6) is 0 Å². The maximum Gasteiger partial charge on any atom is 0.162 e. The lowest BCUT2D eigenvalue weighted by molar-refractivity contribution is -0.193. The highest BCUT2D eigenvalue weighted by atomic mass is 16.5. The molecule has 2 rings (SSSR count). The van der Waals surface area contributed by atoms with E-state index in [1.807, 2.05) is 0 Å². The van der Waals surface area contributed by atoms with Crippen LogP contribution in [0.15, 0.2) is 0 Å². The molecule has 0 aromatic heterocycles. The van der Waals surface area contributed by atoms with Crippen LogP contribution < -0.4 is 0 Å². The molecule has 1 unspecified atom stereocenters. The fraction of sp³-hybridized carbons (Fsp3) is 0.938. The Bertz CT molecular complexity index is 298. The minimum atomic E-state index is -1.50. The summed E-state index contributed by atoms with van der Waals surface area (Å²) in [6, 6.07) is 0. The molecule has 2 fully saturated rings. The lowest BCUT2D eigenvalue weighted by Gasteiger charge is -2.35. The summed E-state index contributed by atoms with van der Waals surface area (Å²) in [6.45, 7) is 1.51. The van der Waals surface area contributed by atoms with Gasteiger partial charge in [-0.3, -0.25) is 4.79 Å². The van der Waals surface area contributed by atoms with Gasteiger partial charge in [0.1, 0.15) is 5.78 Å². The number of ketones is 1. The van der Waals surface area contributed by atoms with Gasteiger partial charge in [-0.25, -0.2) is 0 Å². The normalized spacial score (nSPS) is 33.4. The van der Waals surface area contributed by atoms with Crippen molar-refractivity contribution in [3.05, 3.63) is 0 Å². The van der Waals surface area contributed by atoms with Gasteiger partial charge in [-0.2, -0.15) is 0 Å². The van der Waals surface area contributed by atoms with Crippen molar-refractivity contribution in [1.29, 1.82) is 0 Å². The van der Waals surface area contributed by atoms with Crippen LogP contribution >= 0.6 is 0 Å². The van der Waals surface area contributed by atoms with Gasteiger partial charge in [-0.05, 0) is 63.7 Å². The molecule has 3 heteroatoms. The molecule has 0 bridgehead atoms. The topological polar surface area (TPSA) is 57.5 Å². The van der Waals surface area contributed by atoms with E-state index in [1.54, 1.807) is 0 Å². The Balaban J connectivity index is 1.67. The molecule has 0 radical (unpaired) electrons. The summed E-state index contributed by atoms with van der Waals surface area (Å²) in [5, 5.41) is 19.2. The smallest absolute Gasteiger partial charge is 0.162 e. The van der Waals surface area contributed by atoms with Crippen LogP contribution in [-0.2, 0) is 4.79 Å². The van der Waals surface area contributed by atoms with Gasteiger partial charge in [0.15, 0.2) is 5.79 Å². The molecule has 0 aromatic carbocycles. The molecule has 2 aliphatic rings. The molecule has 110 valence electrons. The highest BCUT2D eigenvalue weighted by Crippen LogP contribution is 2.37. The van der Waals surface area contributed by atoms with E-state index in [-0.39, 0.29) is 5.92 Å². The zero-order valence-electron chi connectivity index (χ0n) is 12.1. The maximum atomic E-state index is 11.4. The Morgan fingerprint density at radius 2 is 1.68 bits per heavy atom. The lowest BCUT2D eigenvalue weighted by atomic mass is 9.75. The van der Waals surface area contributed by atoms with E-state index in [9.17, 15) is 15.0 Å². The van der Waals surface area contributed by atoms with Crippen molar-refractivity contribution >= 4 is 5.78 Å². The summed E-state index contributed by atoms with van der Waals surface area (Å²) in [5.41, 5.74) is 0. The Morgan fingerprint density at radius 1 is 1.05 bits per heavy atom. The average molecular weight is 268 g/mol. The Morgan fingerprint density at radius 3 is 2.26 bits per heavy atom. The summed E-state index contributed by atoms with van der Waals surface area (Å²) in [6.07, 6.45) is 10.4. The average Bonchev–Trinajstić information content (AvgIpc) is 2.36. The van der Waals surface area contributed by atoms with E-state index in [1.165, 1.54) is 26.2 Å². The van der Waals surface area contributed by atoms with Crippen molar-refractivity contribution in [2.45, 2.75) is 76.9 Å². The summed E-state index contributed by atoms with van der Waals surface area (Å²) in [4.78, 5) is 11.4. The molecule has 0 heterocycles. The van der Waals surface area contributed by atoms with E-state index >= 15 is 0 Å². The van der Waals surface area contributed by atoms with Crippen LogP contribution in [-0.4, -0.2) is 21.8 Å². The van der Waals surface area contributed by atoms with Gasteiger partial charge in [0, 0.05) is 18.8 Å². The number of hydrogen-bond donors (Lipinski definition) is 2. The number of carbonyl (C=O) groups is 1. The molecule has 0 spiro atoms. The first kappa shape index (κ1) is 15.0. The van der Waals surface area contributed by atoms with Gasteiger partial charge in [-0.1, -0.05) is 6.42 Å². The summed E-state index contributed by atoms with van der Waals surface area (Å²) < 4.78 is 0. The molecule has 0 amide bonds. The SMILES string of the molecule is CC(O)(O)C1CCC(CCC2CCCC(=O)C2)CC1. The molecule has 2 N–H and O–H groups in total. The molecule has 2 aliphatic carbocycles. The van der Waals surface area contributed by atoms with Crippen LogP contribution in [0.3, 0.4) is 0 Å². The van der Waals surface area contributed by atoms with Crippen LogP contribution in [0.25, 0.3) is 0 Å². The second-order valence-electron chi connectivity index (χ2n) is 6.89. The van der Waals surface area contributed by atoms with Crippen molar-refractivity contribution in [2.24, 2.45) is 17.8 Å². The van der Waals surface area contributed by atoms with E-state index in [4.69, 9.17) is 0 Å². The predicted octanol–water partition coefficient (Wildman–Crippen LogP) is 3.03. The second-order valence-corrected chi connectivity index (χ2v) is 6.89. The summed E-state index contributed by atoms with van der Waals surface area (Å²) >= 11 is 0. The molecule has 1 atom stereocenters. The van der Waals surface area contributed by atoms with Gasteiger partial charge >= 0.3 is 0 Å². The molecular weight excluding hydrogens is 240 g/mol. The van der Waals surface area contributed by atoms with Crippen molar-refractivity contribution in [3.8, 4) is 0 Å². The van der Waals surface area contributed by atoms with Gasteiger partial charge in [-0.15, -0.1) is 0 Å². The fourth-order valence-corrected chi connectivity index (χ4v) is 3.83. The van der Waals surface area contributed by atoms with E-state index in [2.05, 4.69) is 0 Å². The predicted molar refractivity (Wildman–Crippen MR) is 74.5 cm³/mol. The highest BCUT2D eigenvalue weighted by molar-refractivity contribution is 5.79. The van der Waals surface area contributed by atoms with Crippen molar-refractivity contribution in [3.63, 3.8) is 0 Å². The van der Waals surface area contributed by atoms with Gasteiger partial charge < -0.3 is 10.2 Å². The van der Waals surface area contributed by atoms with Crippen LogP contribution in [0.4, 0.5) is 0 Å². The van der Waals surface area contributed by atoms with Gasteiger partial charge in [0.25, 0.3) is 0 Å². The van der Waals surface area contributed by atoms with E-state index < -0.39 is 5.79 Å². The highest BCUT2D eigenvalue weighted by Gasteiger charge is 2.33. The monoisotopic (exact) mass is 268 g/mol.